The Morgan fingerprint density at radius 2 is 2.00 bits per heavy atom. The summed E-state index contributed by atoms with van der Waals surface area (Å²) in [5, 5.41) is 18.6. The molecule has 2 atom stereocenters. The number of rotatable bonds is 3. The van der Waals surface area contributed by atoms with Crippen molar-refractivity contribution in [1.82, 2.24) is 0 Å². The summed E-state index contributed by atoms with van der Waals surface area (Å²) < 4.78 is 12.7. The summed E-state index contributed by atoms with van der Waals surface area (Å²) in [6.07, 6.45) is -2.23. The topological polar surface area (TPSA) is 40.5 Å². The highest BCUT2D eigenvalue weighted by atomic mass is 35.5. The lowest BCUT2D eigenvalue weighted by Gasteiger charge is -2.15. The molecular formula is C9H9Cl2FO2. The summed E-state index contributed by atoms with van der Waals surface area (Å²) in [6, 6.07) is 3.74. The highest BCUT2D eigenvalue weighted by Crippen LogP contribution is 2.23. The SMILES string of the molecule is OC(CCl)C(O)c1ccc(F)c(Cl)c1. The van der Waals surface area contributed by atoms with Crippen molar-refractivity contribution in [2.24, 2.45) is 0 Å². The molecule has 0 radical (unpaired) electrons. The van der Waals surface area contributed by atoms with Gasteiger partial charge in [0.05, 0.1) is 17.0 Å². The van der Waals surface area contributed by atoms with Crippen LogP contribution in [-0.4, -0.2) is 22.2 Å². The van der Waals surface area contributed by atoms with Crippen molar-refractivity contribution in [3.63, 3.8) is 0 Å². The van der Waals surface area contributed by atoms with Crippen LogP contribution in [-0.2, 0) is 0 Å². The predicted molar refractivity (Wildman–Crippen MR) is 53.1 cm³/mol. The first kappa shape index (κ1) is 11.7. The summed E-state index contributed by atoms with van der Waals surface area (Å²) in [5.41, 5.74) is 0.338. The minimum absolute atomic E-state index is 0.0941. The highest BCUT2D eigenvalue weighted by Gasteiger charge is 2.18. The Bertz CT molecular complexity index is 320. The fourth-order valence-corrected chi connectivity index (χ4v) is 1.36. The van der Waals surface area contributed by atoms with Crippen molar-refractivity contribution in [2.75, 3.05) is 5.88 Å². The quantitative estimate of drug-likeness (QED) is 0.793. The van der Waals surface area contributed by atoms with E-state index in [2.05, 4.69) is 0 Å². The average Bonchev–Trinajstić information content (AvgIpc) is 2.20. The van der Waals surface area contributed by atoms with Crippen molar-refractivity contribution in [2.45, 2.75) is 12.2 Å². The maximum atomic E-state index is 12.7. The van der Waals surface area contributed by atoms with Crippen LogP contribution in [0, 0.1) is 5.82 Å². The lowest BCUT2D eigenvalue weighted by Crippen LogP contribution is -2.19. The van der Waals surface area contributed by atoms with Gasteiger partial charge in [0.2, 0.25) is 0 Å². The molecule has 0 aliphatic heterocycles. The van der Waals surface area contributed by atoms with Gasteiger partial charge in [-0.25, -0.2) is 4.39 Å². The molecule has 78 valence electrons. The number of hydrogen-bond acceptors (Lipinski definition) is 2. The van der Waals surface area contributed by atoms with E-state index in [0.29, 0.717) is 5.56 Å². The fourth-order valence-electron chi connectivity index (χ4n) is 1.00. The third kappa shape index (κ3) is 2.58. The van der Waals surface area contributed by atoms with E-state index in [1.165, 1.54) is 12.1 Å². The molecule has 5 heteroatoms. The molecule has 0 spiro atoms. The van der Waals surface area contributed by atoms with E-state index < -0.39 is 18.0 Å². The first-order valence-corrected chi connectivity index (χ1v) is 4.84. The van der Waals surface area contributed by atoms with Crippen LogP contribution in [0.4, 0.5) is 4.39 Å². The second-order valence-electron chi connectivity index (χ2n) is 2.84. The molecule has 1 aromatic carbocycles. The molecule has 0 aromatic heterocycles. The van der Waals surface area contributed by atoms with E-state index in [9.17, 15) is 14.6 Å². The zero-order valence-electron chi connectivity index (χ0n) is 7.12. The smallest absolute Gasteiger partial charge is 0.141 e. The number of alkyl halides is 1. The predicted octanol–water partition coefficient (Wildman–Crippen LogP) is 2.11. The molecule has 1 aromatic rings. The lowest BCUT2D eigenvalue weighted by molar-refractivity contribution is 0.0327. The van der Waals surface area contributed by atoms with E-state index in [1.54, 1.807) is 0 Å². The Morgan fingerprint density at radius 1 is 1.36 bits per heavy atom. The van der Waals surface area contributed by atoms with Crippen molar-refractivity contribution < 1.29 is 14.6 Å². The molecule has 0 aliphatic carbocycles. The second-order valence-corrected chi connectivity index (χ2v) is 3.56. The zero-order valence-corrected chi connectivity index (χ0v) is 8.63. The number of hydrogen-bond donors (Lipinski definition) is 2. The minimum Gasteiger partial charge on any atom is -0.389 e. The molecule has 1 rings (SSSR count). The lowest BCUT2D eigenvalue weighted by atomic mass is 10.1. The highest BCUT2D eigenvalue weighted by molar-refractivity contribution is 6.30. The first-order valence-electron chi connectivity index (χ1n) is 3.93. The van der Waals surface area contributed by atoms with Crippen LogP contribution < -0.4 is 0 Å². The van der Waals surface area contributed by atoms with Gasteiger partial charge in [0, 0.05) is 0 Å². The summed E-state index contributed by atoms with van der Waals surface area (Å²) >= 11 is 10.9. The monoisotopic (exact) mass is 238 g/mol. The van der Waals surface area contributed by atoms with Crippen LogP contribution in [0.5, 0.6) is 0 Å². The van der Waals surface area contributed by atoms with Crippen LogP contribution in [0.25, 0.3) is 0 Å². The third-order valence-corrected chi connectivity index (χ3v) is 2.41. The molecule has 0 bridgehead atoms. The average molecular weight is 239 g/mol. The number of aliphatic hydroxyl groups excluding tert-OH is 2. The Balaban J connectivity index is 2.91. The van der Waals surface area contributed by atoms with Gasteiger partial charge < -0.3 is 10.2 Å². The van der Waals surface area contributed by atoms with E-state index in [4.69, 9.17) is 23.2 Å². The summed E-state index contributed by atoms with van der Waals surface area (Å²) in [5.74, 6) is -0.668. The van der Waals surface area contributed by atoms with Gasteiger partial charge in [-0.3, -0.25) is 0 Å². The van der Waals surface area contributed by atoms with Crippen molar-refractivity contribution in [3.8, 4) is 0 Å². The van der Waals surface area contributed by atoms with Gasteiger partial charge in [-0.1, -0.05) is 17.7 Å². The Hall–Kier alpha value is -0.350. The van der Waals surface area contributed by atoms with Gasteiger partial charge in [-0.2, -0.15) is 0 Å². The van der Waals surface area contributed by atoms with Gasteiger partial charge >= 0.3 is 0 Å². The minimum atomic E-state index is -1.15. The summed E-state index contributed by atoms with van der Waals surface area (Å²) in [4.78, 5) is 0. The van der Waals surface area contributed by atoms with E-state index in [0.717, 1.165) is 6.07 Å². The van der Waals surface area contributed by atoms with E-state index in [1.807, 2.05) is 0 Å². The molecule has 2 nitrogen and oxygen atoms in total. The molecule has 0 amide bonds. The van der Waals surface area contributed by atoms with Crippen LogP contribution in [0.1, 0.15) is 11.7 Å². The number of benzene rings is 1. The third-order valence-electron chi connectivity index (χ3n) is 1.81. The summed E-state index contributed by atoms with van der Waals surface area (Å²) in [6.45, 7) is 0. The molecule has 0 saturated heterocycles. The second kappa shape index (κ2) is 4.94. The first-order chi connectivity index (χ1) is 6.56. The molecule has 14 heavy (non-hydrogen) atoms. The van der Waals surface area contributed by atoms with E-state index >= 15 is 0 Å². The molecule has 2 unspecified atom stereocenters. The maximum absolute atomic E-state index is 12.7. The van der Waals surface area contributed by atoms with Crippen molar-refractivity contribution in [1.29, 1.82) is 0 Å². The molecule has 0 saturated carbocycles. The normalized spacial score (nSPS) is 15.2. The summed E-state index contributed by atoms with van der Waals surface area (Å²) in [7, 11) is 0. The van der Waals surface area contributed by atoms with Crippen molar-refractivity contribution in [3.05, 3.63) is 34.6 Å². The van der Waals surface area contributed by atoms with E-state index in [-0.39, 0.29) is 10.9 Å². The van der Waals surface area contributed by atoms with Gasteiger partial charge in [-0.05, 0) is 17.7 Å². The molecule has 2 N–H and O–H groups in total. The zero-order chi connectivity index (χ0) is 10.7. The molecule has 0 fully saturated rings. The van der Waals surface area contributed by atoms with Crippen LogP contribution in [0.15, 0.2) is 18.2 Å². The number of aliphatic hydroxyl groups is 2. The Kier molecular flexibility index (Phi) is 4.13. The fraction of sp³-hybridized carbons (Fsp3) is 0.333. The molecule has 0 aliphatic rings. The number of halogens is 3. The molecular weight excluding hydrogens is 230 g/mol. The standard InChI is InChI=1S/C9H9Cl2FO2/c10-4-8(13)9(14)5-1-2-7(12)6(11)3-5/h1-3,8-9,13-14H,4H2. The van der Waals surface area contributed by atoms with Crippen molar-refractivity contribution >= 4 is 23.2 Å². The van der Waals surface area contributed by atoms with Gasteiger partial charge in [0.15, 0.2) is 0 Å². The van der Waals surface area contributed by atoms with Crippen LogP contribution >= 0.6 is 23.2 Å². The van der Waals surface area contributed by atoms with Gasteiger partial charge in [0.25, 0.3) is 0 Å². The maximum Gasteiger partial charge on any atom is 0.141 e. The van der Waals surface area contributed by atoms with Crippen LogP contribution in [0.3, 0.4) is 0 Å². The Morgan fingerprint density at radius 3 is 2.50 bits per heavy atom. The van der Waals surface area contributed by atoms with Crippen LogP contribution in [0.2, 0.25) is 5.02 Å². The Labute approximate surface area is 90.9 Å². The van der Waals surface area contributed by atoms with Gasteiger partial charge in [0.1, 0.15) is 11.9 Å². The van der Waals surface area contributed by atoms with Gasteiger partial charge in [-0.15, -0.1) is 11.6 Å². The largest absolute Gasteiger partial charge is 0.389 e. The molecule has 0 heterocycles.